The summed E-state index contributed by atoms with van der Waals surface area (Å²) in [5, 5.41) is 2.79. The predicted octanol–water partition coefficient (Wildman–Crippen LogP) is 3.21. The van der Waals surface area contributed by atoms with E-state index in [4.69, 9.17) is 0 Å². The normalized spacial score (nSPS) is 18.0. The monoisotopic (exact) mass is 483 g/mol. The summed E-state index contributed by atoms with van der Waals surface area (Å²) >= 11 is 0. The van der Waals surface area contributed by atoms with Crippen LogP contribution in [0, 0.1) is 17.5 Å². The minimum atomic E-state index is -1.18. The molecule has 1 aromatic carbocycles. The highest BCUT2D eigenvalue weighted by molar-refractivity contribution is 5.94. The van der Waals surface area contributed by atoms with Gasteiger partial charge in [-0.25, -0.2) is 27.5 Å². The van der Waals surface area contributed by atoms with Gasteiger partial charge in [0.1, 0.15) is 5.82 Å². The fourth-order valence-electron chi connectivity index (χ4n) is 4.57. The van der Waals surface area contributed by atoms with E-state index in [1.165, 1.54) is 6.07 Å². The van der Waals surface area contributed by atoms with Crippen LogP contribution in [0.4, 0.5) is 13.2 Å². The fourth-order valence-corrected chi connectivity index (χ4v) is 4.57. The number of carbonyl (C=O) groups is 1. The molecule has 4 aromatic rings. The Kier molecular flexibility index (Phi) is 5.75. The molecule has 0 aliphatic heterocycles. The lowest BCUT2D eigenvalue weighted by Gasteiger charge is -2.30. The zero-order valence-electron chi connectivity index (χ0n) is 18.3. The maximum atomic E-state index is 14.0. The van der Waals surface area contributed by atoms with E-state index in [0.717, 1.165) is 33.5 Å². The van der Waals surface area contributed by atoms with Crippen molar-refractivity contribution in [2.45, 2.75) is 37.8 Å². The van der Waals surface area contributed by atoms with Crippen LogP contribution in [-0.2, 0) is 0 Å². The van der Waals surface area contributed by atoms with Crippen LogP contribution in [0.25, 0.3) is 16.7 Å². The molecule has 1 saturated carbocycles. The van der Waals surface area contributed by atoms with Crippen LogP contribution < -0.4 is 16.6 Å². The molecule has 180 valence electrons. The van der Waals surface area contributed by atoms with Crippen molar-refractivity contribution < 1.29 is 18.0 Å². The van der Waals surface area contributed by atoms with Gasteiger partial charge in [-0.3, -0.25) is 14.2 Å². The van der Waals surface area contributed by atoms with E-state index in [-0.39, 0.29) is 28.7 Å². The number of amides is 1. The molecule has 8 nitrogen and oxygen atoms in total. The number of fused-ring (bicyclic) bond motifs is 1. The molecule has 2 N–H and O–H groups in total. The van der Waals surface area contributed by atoms with Gasteiger partial charge in [-0.2, -0.15) is 0 Å². The summed E-state index contributed by atoms with van der Waals surface area (Å²) in [6.07, 6.45) is 5.91. The number of aromatic nitrogens is 4. The lowest BCUT2D eigenvalue weighted by Crippen LogP contribution is -2.45. The van der Waals surface area contributed by atoms with Crippen molar-refractivity contribution >= 4 is 16.9 Å². The first-order chi connectivity index (χ1) is 16.8. The van der Waals surface area contributed by atoms with E-state index in [9.17, 15) is 27.6 Å². The van der Waals surface area contributed by atoms with Gasteiger partial charge < -0.3 is 10.3 Å². The summed E-state index contributed by atoms with van der Waals surface area (Å²) in [6, 6.07) is 4.83. The summed E-state index contributed by atoms with van der Waals surface area (Å²) in [7, 11) is 0. The van der Waals surface area contributed by atoms with Gasteiger partial charge in [0.2, 0.25) is 0 Å². The van der Waals surface area contributed by atoms with Crippen LogP contribution in [0.15, 0.2) is 58.5 Å². The Morgan fingerprint density at radius 2 is 1.80 bits per heavy atom. The average Bonchev–Trinajstić information content (AvgIpc) is 3.38. The highest BCUT2D eigenvalue weighted by atomic mass is 19.2. The lowest BCUT2D eigenvalue weighted by molar-refractivity contribution is 0.0922. The molecule has 0 radical (unpaired) electrons. The lowest BCUT2D eigenvalue weighted by atomic mass is 9.90. The molecule has 1 fully saturated rings. The van der Waals surface area contributed by atoms with Crippen molar-refractivity contribution in [3.05, 3.63) is 92.8 Å². The molecule has 0 bridgehead atoms. The number of hydrogen-bond acceptors (Lipinski definition) is 4. The smallest absolute Gasteiger partial charge is 0.337 e. The molecule has 1 aliphatic carbocycles. The Morgan fingerprint density at radius 1 is 1.03 bits per heavy atom. The Bertz CT molecular complexity index is 1540. The maximum Gasteiger partial charge on any atom is 0.337 e. The van der Waals surface area contributed by atoms with Crippen molar-refractivity contribution in [3.63, 3.8) is 0 Å². The minimum absolute atomic E-state index is 0.0424. The first-order valence-electron chi connectivity index (χ1n) is 11.1. The first-order valence-corrected chi connectivity index (χ1v) is 11.1. The zero-order valence-corrected chi connectivity index (χ0v) is 18.3. The van der Waals surface area contributed by atoms with Gasteiger partial charge in [0.25, 0.3) is 11.5 Å². The van der Waals surface area contributed by atoms with Crippen LogP contribution in [0.2, 0.25) is 0 Å². The minimum Gasteiger partial charge on any atom is -0.367 e. The Balaban J connectivity index is 1.52. The second-order valence-electron chi connectivity index (χ2n) is 8.49. The Morgan fingerprint density at radius 3 is 2.49 bits per heavy atom. The van der Waals surface area contributed by atoms with Gasteiger partial charge in [-0.05, 0) is 49.9 Å². The van der Waals surface area contributed by atoms with Crippen molar-refractivity contribution in [1.82, 2.24) is 24.4 Å². The summed E-state index contributed by atoms with van der Waals surface area (Å²) in [5.41, 5.74) is -1.19. The van der Waals surface area contributed by atoms with Gasteiger partial charge >= 0.3 is 5.69 Å². The molecule has 0 saturated heterocycles. The number of nitrogens with one attached hydrogen (secondary N) is 2. The van der Waals surface area contributed by atoms with Gasteiger partial charge in [0.15, 0.2) is 17.3 Å². The molecular formula is C24H20F3N5O3. The van der Waals surface area contributed by atoms with Crippen LogP contribution in [-0.4, -0.2) is 31.1 Å². The SMILES string of the molecule is O=C(N[C@H]1CC[C@@H](n2c(=O)c3cc(F)cnc3n(-c3ccc(F)c(F)c3)c2=O)CC1)c1cc[nH]c1. The number of halogens is 3. The standard InChI is InChI=1S/C24H20F3N5O3/c25-14-9-18-21(29-12-14)31(17-5-6-19(26)20(27)10-17)24(35)32(23(18)34)16-3-1-15(2-4-16)30-22(33)13-7-8-28-11-13/h5-12,15-16,28H,1-4H2,(H,30,33)/t15-,16+. The number of rotatable bonds is 4. The number of hydrogen-bond donors (Lipinski definition) is 2. The summed E-state index contributed by atoms with van der Waals surface area (Å²) in [5.74, 6) is -3.27. The van der Waals surface area contributed by atoms with Gasteiger partial charge in [0, 0.05) is 30.5 Å². The third-order valence-electron chi connectivity index (χ3n) is 6.31. The van der Waals surface area contributed by atoms with Crippen LogP contribution in [0.5, 0.6) is 0 Å². The van der Waals surface area contributed by atoms with Crippen molar-refractivity contribution in [1.29, 1.82) is 0 Å². The molecule has 35 heavy (non-hydrogen) atoms. The maximum absolute atomic E-state index is 14.0. The van der Waals surface area contributed by atoms with E-state index in [2.05, 4.69) is 15.3 Å². The number of H-pyrrole nitrogens is 1. The first kappa shape index (κ1) is 22.6. The van der Waals surface area contributed by atoms with Crippen molar-refractivity contribution in [2.24, 2.45) is 0 Å². The van der Waals surface area contributed by atoms with Crippen LogP contribution in [0.1, 0.15) is 42.1 Å². The van der Waals surface area contributed by atoms with Gasteiger partial charge in [0.05, 0.1) is 22.8 Å². The van der Waals surface area contributed by atoms with E-state index in [0.29, 0.717) is 31.2 Å². The summed E-state index contributed by atoms with van der Waals surface area (Å²) in [4.78, 5) is 45.8. The number of pyridine rings is 1. The molecule has 1 amide bonds. The number of carbonyl (C=O) groups excluding carboxylic acids is 1. The Hall–Kier alpha value is -4.15. The number of nitrogens with zero attached hydrogens (tertiary/aromatic N) is 3. The van der Waals surface area contributed by atoms with Gasteiger partial charge in [-0.15, -0.1) is 0 Å². The van der Waals surface area contributed by atoms with Gasteiger partial charge in [-0.1, -0.05) is 0 Å². The molecule has 3 heterocycles. The highest BCUT2D eigenvalue weighted by Gasteiger charge is 2.28. The molecular weight excluding hydrogens is 463 g/mol. The molecule has 11 heteroatoms. The quantitative estimate of drug-likeness (QED) is 0.466. The third kappa shape index (κ3) is 4.13. The van der Waals surface area contributed by atoms with Crippen molar-refractivity contribution in [3.8, 4) is 5.69 Å². The molecule has 0 atom stereocenters. The van der Waals surface area contributed by atoms with Crippen molar-refractivity contribution in [2.75, 3.05) is 0 Å². The molecule has 1 aliphatic rings. The van der Waals surface area contributed by atoms with Crippen LogP contribution >= 0.6 is 0 Å². The molecule has 0 unspecified atom stereocenters. The third-order valence-corrected chi connectivity index (χ3v) is 6.31. The van der Waals surface area contributed by atoms with E-state index in [1.54, 1.807) is 18.5 Å². The molecule has 5 rings (SSSR count). The fraction of sp³-hybridized carbons (Fsp3) is 0.250. The Labute approximate surface area is 196 Å². The van der Waals surface area contributed by atoms with E-state index in [1.807, 2.05) is 0 Å². The number of benzene rings is 1. The summed E-state index contributed by atoms with van der Waals surface area (Å²) < 4.78 is 43.5. The molecule has 3 aromatic heterocycles. The average molecular weight is 483 g/mol. The number of aromatic amines is 1. The summed E-state index contributed by atoms with van der Waals surface area (Å²) in [6.45, 7) is 0. The zero-order chi connectivity index (χ0) is 24.7. The van der Waals surface area contributed by atoms with E-state index < -0.39 is 34.7 Å². The molecule has 0 spiro atoms. The van der Waals surface area contributed by atoms with Crippen LogP contribution in [0.3, 0.4) is 0 Å². The topological polar surface area (TPSA) is 102 Å². The van der Waals surface area contributed by atoms with E-state index >= 15 is 0 Å². The predicted molar refractivity (Wildman–Crippen MR) is 121 cm³/mol. The highest BCUT2D eigenvalue weighted by Crippen LogP contribution is 2.28. The second-order valence-corrected chi connectivity index (χ2v) is 8.49. The second kappa shape index (κ2) is 8.90. The largest absolute Gasteiger partial charge is 0.367 e.